The van der Waals surface area contributed by atoms with E-state index in [0.717, 1.165) is 36.9 Å². The third-order valence-electron chi connectivity index (χ3n) is 6.02. The number of esters is 1. The molecule has 156 valence electrons. The summed E-state index contributed by atoms with van der Waals surface area (Å²) in [6, 6.07) is 13.7. The molecule has 1 atom stereocenters. The average Bonchev–Trinajstić information content (AvgIpc) is 3.18. The molecule has 1 heterocycles. The number of nitrogens with one attached hydrogen (secondary N) is 1. The van der Waals surface area contributed by atoms with Crippen molar-refractivity contribution in [3.63, 3.8) is 0 Å². The number of fused-ring (bicyclic) bond motifs is 1. The second kappa shape index (κ2) is 8.69. The van der Waals surface area contributed by atoms with Crippen LogP contribution < -0.4 is 10.2 Å². The van der Waals surface area contributed by atoms with Crippen molar-refractivity contribution in [2.75, 3.05) is 17.3 Å². The van der Waals surface area contributed by atoms with Gasteiger partial charge in [0.05, 0.1) is 7.11 Å². The minimum absolute atomic E-state index is 0.0123. The van der Waals surface area contributed by atoms with Crippen LogP contribution >= 0.6 is 0 Å². The van der Waals surface area contributed by atoms with E-state index < -0.39 is 12.0 Å². The molecule has 0 spiro atoms. The topological polar surface area (TPSA) is 75.7 Å². The molecule has 0 bridgehead atoms. The van der Waals surface area contributed by atoms with Crippen molar-refractivity contribution in [3.8, 4) is 0 Å². The van der Waals surface area contributed by atoms with Crippen LogP contribution in [-0.4, -0.2) is 30.9 Å². The van der Waals surface area contributed by atoms with E-state index in [0.29, 0.717) is 17.7 Å². The Morgan fingerprint density at radius 2 is 1.77 bits per heavy atom. The molecule has 2 aliphatic rings. The molecule has 1 N–H and O–H groups in total. The number of para-hydroxylation sites is 1. The number of hydrogen-bond donors (Lipinski definition) is 1. The van der Waals surface area contributed by atoms with Crippen LogP contribution in [0, 0.1) is 5.92 Å². The summed E-state index contributed by atoms with van der Waals surface area (Å²) in [5.74, 6) is -0.684. The van der Waals surface area contributed by atoms with Crippen molar-refractivity contribution < 1.29 is 19.1 Å². The minimum Gasteiger partial charge on any atom is -0.467 e. The van der Waals surface area contributed by atoms with Gasteiger partial charge in [0.15, 0.2) is 0 Å². The van der Waals surface area contributed by atoms with Gasteiger partial charge in [0.2, 0.25) is 5.91 Å². The van der Waals surface area contributed by atoms with E-state index in [1.807, 2.05) is 24.3 Å². The predicted octanol–water partition coefficient (Wildman–Crippen LogP) is 3.95. The van der Waals surface area contributed by atoms with Gasteiger partial charge in [-0.25, -0.2) is 4.79 Å². The molecule has 1 unspecified atom stereocenters. The van der Waals surface area contributed by atoms with Gasteiger partial charge in [0, 0.05) is 29.3 Å². The second-order valence-electron chi connectivity index (χ2n) is 7.95. The van der Waals surface area contributed by atoms with Gasteiger partial charge in [-0.3, -0.25) is 14.5 Å². The molecule has 0 aromatic heterocycles. The number of amides is 2. The first-order valence-electron chi connectivity index (χ1n) is 10.5. The molecular formula is C24H26N2O4. The molecule has 0 saturated heterocycles. The molecule has 6 heteroatoms. The van der Waals surface area contributed by atoms with Crippen molar-refractivity contribution in [2.45, 2.75) is 44.6 Å². The van der Waals surface area contributed by atoms with Gasteiger partial charge in [0.25, 0.3) is 5.91 Å². The Bertz CT molecular complexity index is 965. The summed E-state index contributed by atoms with van der Waals surface area (Å²) in [7, 11) is 1.33. The maximum Gasteiger partial charge on any atom is 0.329 e. The SMILES string of the molecule is COC(=O)C1Cc2ccccc2N1C(=O)c1cccc(NC(=O)C2CCCCC2)c1. The van der Waals surface area contributed by atoms with Crippen LogP contribution in [0.1, 0.15) is 48.0 Å². The summed E-state index contributed by atoms with van der Waals surface area (Å²) in [6.45, 7) is 0. The van der Waals surface area contributed by atoms with E-state index >= 15 is 0 Å². The lowest BCUT2D eigenvalue weighted by Crippen LogP contribution is -2.43. The molecule has 1 aliphatic heterocycles. The highest BCUT2D eigenvalue weighted by Gasteiger charge is 2.39. The third kappa shape index (κ3) is 3.95. The van der Waals surface area contributed by atoms with Crippen molar-refractivity contribution in [3.05, 3.63) is 59.7 Å². The summed E-state index contributed by atoms with van der Waals surface area (Å²) >= 11 is 0. The summed E-state index contributed by atoms with van der Waals surface area (Å²) in [5, 5.41) is 2.96. The summed E-state index contributed by atoms with van der Waals surface area (Å²) in [6.07, 6.45) is 5.60. The van der Waals surface area contributed by atoms with Gasteiger partial charge in [-0.15, -0.1) is 0 Å². The lowest BCUT2D eigenvalue weighted by Gasteiger charge is -2.24. The summed E-state index contributed by atoms with van der Waals surface area (Å²) in [5.41, 5.74) is 2.66. The average molecular weight is 406 g/mol. The van der Waals surface area contributed by atoms with Gasteiger partial charge in [-0.1, -0.05) is 43.5 Å². The zero-order chi connectivity index (χ0) is 21.1. The molecule has 2 aromatic rings. The Hall–Kier alpha value is -3.15. The molecule has 2 amide bonds. The first kappa shape index (κ1) is 20.1. The van der Waals surface area contributed by atoms with Gasteiger partial charge in [0.1, 0.15) is 6.04 Å². The normalized spacial score (nSPS) is 18.6. The number of nitrogens with zero attached hydrogens (tertiary/aromatic N) is 1. The van der Waals surface area contributed by atoms with Crippen LogP contribution in [0.3, 0.4) is 0 Å². The van der Waals surface area contributed by atoms with Crippen LogP contribution in [0.25, 0.3) is 0 Å². The standard InChI is InChI=1S/C24H26N2O4/c1-30-24(29)21-15-17-10-5-6-13-20(17)26(21)23(28)18-11-7-12-19(14-18)25-22(27)16-8-3-2-4-9-16/h5-7,10-14,16,21H,2-4,8-9,15H2,1H3,(H,25,27). The Kier molecular flexibility index (Phi) is 5.84. The fourth-order valence-corrected chi connectivity index (χ4v) is 4.44. The fourth-order valence-electron chi connectivity index (χ4n) is 4.44. The monoisotopic (exact) mass is 406 g/mol. The number of hydrogen-bond acceptors (Lipinski definition) is 4. The molecule has 1 fully saturated rings. The van der Waals surface area contributed by atoms with Crippen LogP contribution in [0.2, 0.25) is 0 Å². The number of methoxy groups -OCH3 is 1. The molecular weight excluding hydrogens is 380 g/mol. The molecule has 0 radical (unpaired) electrons. The van der Waals surface area contributed by atoms with Gasteiger partial charge in [-0.05, 0) is 42.7 Å². The van der Waals surface area contributed by atoms with E-state index in [9.17, 15) is 14.4 Å². The summed E-state index contributed by atoms with van der Waals surface area (Å²) in [4.78, 5) is 39.8. The first-order valence-corrected chi connectivity index (χ1v) is 10.5. The third-order valence-corrected chi connectivity index (χ3v) is 6.02. The second-order valence-corrected chi connectivity index (χ2v) is 7.95. The zero-order valence-electron chi connectivity index (χ0n) is 17.1. The minimum atomic E-state index is -0.694. The Balaban J connectivity index is 1.57. The number of anilines is 2. The predicted molar refractivity (Wildman–Crippen MR) is 114 cm³/mol. The Morgan fingerprint density at radius 3 is 2.53 bits per heavy atom. The van der Waals surface area contributed by atoms with Crippen LogP contribution in [0.15, 0.2) is 48.5 Å². The van der Waals surface area contributed by atoms with E-state index in [1.165, 1.54) is 18.4 Å². The highest BCUT2D eigenvalue weighted by Crippen LogP contribution is 2.34. The van der Waals surface area contributed by atoms with Crippen molar-refractivity contribution in [1.82, 2.24) is 0 Å². The largest absolute Gasteiger partial charge is 0.467 e. The van der Waals surface area contributed by atoms with Gasteiger partial charge in [-0.2, -0.15) is 0 Å². The maximum absolute atomic E-state index is 13.4. The lowest BCUT2D eigenvalue weighted by atomic mass is 9.88. The Labute approximate surface area is 176 Å². The highest BCUT2D eigenvalue weighted by atomic mass is 16.5. The van der Waals surface area contributed by atoms with Gasteiger partial charge < -0.3 is 10.1 Å². The van der Waals surface area contributed by atoms with E-state index in [-0.39, 0.29) is 17.7 Å². The summed E-state index contributed by atoms with van der Waals surface area (Å²) < 4.78 is 4.94. The molecule has 4 rings (SSSR count). The van der Waals surface area contributed by atoms with Crippen LogP contribution in [-0.2, 0) is 20.7 Å². The zero-order valence-corrected chi connectivity index (χ0v) is 17.1. The number of ether oxygens (including phenoxy) is 1. The highest BCUT2D eigenvalue weighted by molar-refractivity contribution is 6.11. The van der Waals surface area contributed by atoms with Crippen molar-refractivity contribution in [2.24, 2.45) is 5.92 Å². The molecule has 1 saturated carbocycles. The number of rotatable bonds is 4. The van der Waals surface area contributed by atoms with Crippen LogP contribution in [0.5, 0.6) is 0 Å². The molecule has 1 aliphatic carbocycles. The number of benzene rings is 2. The molecule has 6 nitrogen and oxygen atoms in total. The number of carbonyl (C=O) groups excluding carboxylic acids is 3. The first-order chi connectivity index (χ1) is 14.6. The fraction of sp³-hybridized carbons (Fsp3) is 0.375. The number of carbonyl (C=O) groups is 3. The lowest BCUT2D eigenvalue weighted by molar-refractivity contribution is -0.141. The van der Waals surface area contributed by atoms with Crippen LogP contribution in [0.4, 0.5) is 11.4 Å². The molecule has 30 heavy (non-hydrogen) atoms. The van der Waals surface area contributed by atoms with E-state index in [4.69, 9.17) is 4.74 Å². The molecule has 2 aromatic carbocycles. The van der Waals surface area contributed by atoms with Gasteiger partial charge >= 0.3 is 5.97 Å². The van der Waals surface area contributed by atoms with E-state index in [2.05, 4.69) is 5.32 Å². The quantitative estimate of drug-likeness (QED) is 0.780. The van der Waals surface area contributed by atoms with Crippen molar-refractivity contribution in [1.29, 1.82) is 0 Å². The van der Waals surface area contributed by atoms with E-state index in [1.54, 1.807) is 24.3 Å². The Morgan fingerprint density at radius 1 is 1.00 bits per heavy atom. The smallest absolute Gasteiger partial charge is 0.329 e. The maximum atomic E-state index is 13.4. The van der Waals surface area contributed by atoms with Crippen molar-refractivity contribution >= 4 is 29.2 Å².